The number of hydrogen-bond donors (Lipinski definition) is 3. The van der Waals surface area contributed by atoms with Gasteiger partial charge in [-0.3, -0.25) is 9.59 Å². The molecule has 0 heterocycles. The lowest BCUT2D eigenvalue weighted by Gasteiger charge is -2.12. The highest BCUT2D eigenvalue weighted by Crippen LogP contribution is 2.23. The van der Waals surface area contributed by atoms with Gasteiger partial charge in [0, 0.05) is 13.0 Å². The molecule has 1 aromatic carbocycles. The van der Waals surface area contributed by atoms with Crippen LogP contribution in [0.25, 0.3) is 0 Å². The number of nitrogens with one attached hydrogen (secondary N) is 2. The van der Waals surface area contributed by atoms with Crippen LogP contribution in [0.1, 0.15) is 25.3 Å². The molecule has 0 spiro atoms. The molecule has 0 aliphatic rings. The first-order valence-corrected chi connectivity index (χ1v) is 5.89. The monoisotopic (exact) mass is 250 g/mol. The number of carboxylic acids is 1. The molecule has 0 aliphatic carbocycles. The van der Waals surface area contributed by atoms with E-state index < -0.39 is 5.97 Å². The number of hydrogen-bond acceptors (Lipinski definition) is 3. The molecule has 1 rings (SSSR count). The zero-order chi connectivity index (χ0) is 13.5. The summed E-state index contributed by atoms with van der Waals surface area (Å²) in [5, 5.41) is 14.4. The smallest absolute Gasteiger partial charge is 0.303 e. The topological polar surface area (TPSA) is 78.4 Å². The first-order chi connectivity index (χ1) is 8.52. The highest BCUT2D eigenvalue weighted by molar-refractivity contribution is 5.95. The van der Waals surface area contributed by atoms with Gasteiger partial charge >= 0.3 is 5.97 Å². The van der Waals surface area contributed by atoms with E-state index in [1.807, 2.05) is 32.0 Å². The summed E-state index contributed by atoms with van der Waals surface area (Å²) in [6.45, 7) is 4.69. The van der Waals surface area contributed by atoms with Crippen LogP contribution >= 0.6 is 0 Å². The lowest BCUT2D eigenvalue weighted by Crippen LogP contribution is -2.14. The highest BCUT2D eigenvalue weighted by atomic mass is 16.4. The fourth-order valence-corrected chi connectivity index (χ4v) is 1.54. The number of aliphatic carboxylic acids is 1. The van der Waals surface area contributed by atoms with Crippen LogP contribution < -0.4 is 10.6 Å². The summed E-state index contributed by atoms with van der Waals surface area (Å²) in [7, 11) is 0. The first-order valence-electron chi connectivity index (χ1n) is 5.89. The van der Waals surface area contributed by atoms with Gasteiger partial charge in [0.15, 0.2) is 0 Å². The Kier molecular flexibility index (Phi) is 5.17. The largest absolute Gasteiger partial charge is 0.481 e. The van der Waals surface area contributed by atoms with Crippen LogP contribution in [-0.4, -0.2) is 23.5 Å². The van der Waals surface area contributed by atoms with Crippen molar-refractivity contribution < 1.29 is 14.7 Å². The number of amides is 1. The van der Waals surface area contributed by atoms with E-state index in [1.54, 1.807) is 0 Å². The van der Waals surface area contributed by atoms with Crippen LogP contribution in [0.4, 0.5) is 11.4 Å². The molecule has 5 heteroatoms. The molecule has 0 bridgehead atoms. The van der Waals surface area contributed by atoms with Crippen LogP contribution in [-0.2, 0) is 9.59 Å². The molecular formula is C13H18N2O3. The molecule has 3 N–H and O–H groups in total. The van der Waals surface area contributed by atoms with E-state index in [9.17, 15) is 9.59 Å². The van der Waals surface area contributed by atoms with Crippen LogP contribution in [0.15, 0.2) is 18.2 Å². The second kappa shape index (κ2) is 6.64. The van der Waals surface area contributed by atoms with Crippen molar-refractivity contribution in [3.8, 4) is 0 Å². The fourth-order valence-electron chi connectivity index (χ4n) is 1.54. The van der Waals surface area contributed by atoms with E-state index in [0.717, 1.165) is 17.8 Å². The molecule has 0 saturated carbocycles. The van der Waals surface area contributed by atoms with Crippen molar-refractivity contribution >= 4 is 23.3 Å². The predicted molar refractivity (Wildman–Crippen MR) is 70.8 cm³/mol. The Morgan fingerprint density at radius 2 is 1.94 bits per heavy atom. The molecule has 5 nitrogen and oxygen atoms in total. The molecule has 0 aromatic heterocycles. The van der Waals surface area contributed by atoms with Gasteiger partial charge < -0.3 is 15.7 Å². The lowest BCUT2D eigenvalue weighted by atomic mass is 10.2. The maximum Gasteiger partial charge on any atom is 0.303 e. The number of rotatable bonds is 6. The van der Waals surface area contributed by atoms with Crippen molar-refractivity contribution in [1.29, 1.82) is 0 Å². The first kappa shape index (κ1) is 14.0. The molecule has 0 fully saturated rings. The Balaban J connectivity index is 2.70. The molecule has 0 saturated heterocycles. The van der Waals surface area contributed by atoms with E-state index in [4.69, 9.17) is 5.11 Å². The molecule has 1 aromatic rings. The summed E-state index contributed by atoms with van der Waals surface area (Å²) >= 11 is 0. The number of carbonyl (C=O) groups is 2. The number of carboxylic acid groups (broad SMARTS) is 1. The second-order valence-corrected chi connectivity index (χ2v) is 4.02. The van der Waals surface area contributed by atoms with Crippen LogP contribution in [0.5, 0.6) is 0 Å². The van der Waals surface area contributed by atoms with Gasteiger partial charge in [-0.1, -0.05) is 6.07 Å². The van der Waals surface area contributed by atoms with Crippen molar-refractivity contribution in [2.45, 2.75) is 26.7 Å². The SMILES string of the molecule is CCNc1cc(C)ccc1NC(=O)CCC(=O)O. The van der Waals surface area contributed by atoms with Crippen molar-refractivity contribution in [2.24, 2.45) is 0 Å². The normalized spacial score (nSPS) is 9.89. The van der Waals surface area contributed by atoms with Crippen LogP contribution in [0, 0.1) is 6.92 Å². The molecule has 18 heavy (non-hydrogen) atoms. The van der Waals surface area contributed by atoms with Gasteiger partial charge in [-0.25, -0.2) is 0 Å². The summed E-state index contributed by atoms with van der Waals surface area (Å²) in [6, 6.07) is 5.65. The molecule has 0 atom stereocenters. The molecule has 0 unspecified atom stereocenters. The number of benzene rings is 1. The van der Waals surface area contributed by atoms with Gasteiger partial charge in [0.25, 0.3) is 0 Å². The zero-order valence-corrected chi connectivity index (χ0v) is 10.6. The minimum absolute atomic E-state index is 0.0191. The van der Waals surface area contributed by atoms with Crippen molar-refractivity contribution in [2.75, 3.05) is 17.2 Å². The second-order valence-electron chi connectivity index (χ2n) is 4.02. The van der Waals surface area contributed by atoms with E-state index >= 15 is 0 Å². The predicted octanol–water partition coefficient (Wildman–Crippen LogP) is 2.23. The van der Waals surface area contributed by atoms with Gasteiger partial charge in [-0.15, -0.1) is 0 Å². The lowest BCUT2D eigenvalue weighted by molar-refractivity contribution is -0.138. The van der Waals surface area contributed by atoms with Gasteiger partial charge in [0.2, 0.25) is 5.91 Å². The fraction of sp³-hybridized carbons (Fsp3) is 0.385. The average Bonchev–Trinajstić information content (AvgIpc) is 2.30. The van der Waals surface area contributed by atoms with Crippen molar-refractivity contribution in [3.05, 3.63) is 23.8 Å². The van der Waals surface area contributed by atoms with E-state index in [-0.39, 0.29) is 18.7 Å². The summed E-state index contributed by atoms with van der Waals surface area (Å²) in [5.74, 6) is -1.26. The minimum Gasteiger partial charge on any atom is -0.481 e. The van der Waals surface area contributed by atoms with Crippen molar-refractivity contribution in [3.63, 3.8) is 0 Å². The summed E-state index contributed by atoms with van der Waals surface area (Å²) in [6.07, 6.45) is -0.178. The summed E-state index contributed by atoms with van der Waals surface area (Å²) in [5.41, 5.74) is 2.62. The van der Waals surface area contributed by atoms with Gasteiger partial charge in [0.05, 0.1) is 17.8 Å². The minimum atomic E-state index is -0.971. The zero-order valence-electron chi connectivity index (χ0n) is 10.6. The Bertz CT molecular complexity index is 444. The van der Waals surface area contributed by atoms with E-state index in [2.05, 4.69) is 10.6 Å². The van der Waals surface area contributed by atoms with E-state index in [0.29, 0.717) is 5.69 Å². The standard InChI is InChI=1S/C13H18N2O3/c1-3-14-11-8-9(2)4-5-10(11)15-12(16)6-7-13(17)18/h4-5,8,14H,3,6-7H2,1-2H3,(H,15,16)(H,17,18). The van der Waals surface area contributed by atoms with Gasteiger partial charge in [0.1, 0.15) is 0 Å². The maximum atomic E-state index is 11.6. The molecule has 0 radical (unpaired) electrons. The summed E-state index contributed by atoms with van der Waals surface area (Å²) in [4.78, 5) is 21.9. The number of aryl methyl sites for hydroxylation is 1. The molecular weight excluding hydrogens is 232 g/mol. The Hall–Kier alpha value is -2.04. The number of carbonyl (C=O) groups excluding carboxylic acids is 1. The third kappa shape index (κ3) is 4.45. The molecule has 0 aliphatic heterocycles. The average molecular weight is 250 g/mol. The van der Waals surface area contributed by atoms with Gasteiger partial charge in [-0.2, -0.15) is 0 Å². The maximum absolute atomic E-state index is 11.6. The Morgan fingerprint density at radius 1 is 1.22 bits per heavy atom. The summed E-state index contributed by atoms with van der Waals surface area (Å²) < 4.78 is 0. The third-order valence-electron chi connectivity index (χ3n) is 2.38. The number of anilines is 2. The Labute approximate surface area is 106 Å². The van der Waals surface area contributed by atoms with Crippen molar-refractivity contribution in [1.82, 2.24) is 0 Å². The van der Waals surface area contributed by atoms with E-state index in [1.165, 1.54) is 0 Å². The molecule has 98 valence electrons. The quantitative estimate of drug-likeness (QED) is 0.723. The van der Waals surface area contributed by atoms with Crippen LogP contribution in [0.3, 0.4) is 0 Å². The third-order valence-corrected chi connectivity index (χ3v) is 2.38. The highest BCUT2D eigenvalue weighted by Gasteiger charge is 2.08. The van der Waals surface area contributed by atoms with Crippen LogP contribution in [0.2, 0.25) is 0 Å². The molecule has 1 amide bonds. The Morgan fingerprint density at radius 3 is 2.56 bits per heavy atom. The van der Waals surface area contributed by atoms with Gasteiger partial charge in [-0.05, 0) is 31.5 Å².